The molecule has 1 N–H and O–H groups in total. The van der Waals surface area contributed by atoms with E-state index in [1.807, 2.05) is 25.7 Å². The van der Waals surface area contributed by atoms with Gasteiger partial charge in [0.15, 0.2) is 0 Å². The van der Waals surface area contributed by atoms with E-state index >= 15 is 0 Å². The monoisotopic (exact) mass is 283 g/mol. The molecule has 1 aliphatic rings. The van der Waals surface area contributed by atoms with Crippen LogP contribution in [0.4, 0.5) is 0 Å². The summed E-state index contributed by atoms with van der Waals surface area (Å²) >= 11 is 0. The molecule has 1 aliphatic carbocycles. The number of carbonyl (C=O) groups is 2. The van der Waals surface area contributed by atoms with Crippen LogP contribution in [-0.4, -0.2) is 34.5 Å². The van der Waals surface area contributed by atoms with E-state index in [-0.39, 0.29) is 12.3 Å². The molecule has 0 aromatic carbocycles. The lowest BCUT2D eigenvalue weighted by Gasteiger charge is -2.36. The van der Waals surface area contributed by atoms with E-state index in [0.717, 1.165) is 12.8 Å². The summed E-state index contributed by atoms with van der Waals surface area (Å²) in [5.74, 6) is -0.818. The molecule has 1 rings (SSSR count). The minimum Gasteiger partial charge on any atom is -0.481 e. The highest BCUT2D eigenvalue weighted by molar-refractivity contribution is 5.85. The van der Waals surface area contributed by atoms with Gasteiger partial charge >= 0.3 is 5.97 Å². The third kappa shape index (κ3) is 3.74. The fraction of sp³-hybridized carbons (Fsp3) is 0.875. The van der Waals surface area contributed by atoms with Crippen LogP contribution in [0.2, 0.25) is 0 Å². The van der Waals surface area contributed by atoms with Crippen molar-refractivity contribution < 1.29 is 14.7 Å². The largest absolute Gasteiger partial charge is 0.481 e. The number of nitrogens with zero attached hydrogens (tertiary/aromatic N) is 1. The predicted molar refractivity (Wildman–Crippen MR) is 79.5 cm³/mol. The van der Waals surface area contributed by atoms with Crippen molar-refractivity contribution in [2.75, 3.05) is 6.54 Å². The fourth-order valence-corrected chi connectivity index (χ4v) is 3.30. The highest BCUT2D eigenvalue weighted by Crippen LogP contribution is 2.33. The molecule has 0 unspecified atom stereocenters. The van der Waals surface area contributed by atoms with E-state index in [1.54, 1.807) is 0 Å². The molecule has 0 bridgehead atoms. The van der Waals surface area contributed by atoms with Crippen LogP contribution in [0, 0.1) is 5.41 Å². The third-order valence-electron chi connectivity index (χ3n) is 4.97. The van der Waals surface area contributed by atoms with Crippen LogP contribution in [0.1, 0.15) is 72.1 Å². The van der Waals surface area contributed by atoms with Crippen LogP contribution in [0.5, 0.6) is 0 Å². The van der Waals surface area contributed by atoms with Crippen molar-refractivity contribution in [3.8, 4) is 0 Å². The Morgan fingerprint density at radius 1 is 1.10 bits per heavy atom. The first kappa shape index (κ1) is 17.0. The van der Waals surface area contributed by atoms with E-state index in [1.165, 1.54) is 19.3 Å². The van der Waals surface area contributed by atoms with Crippen LogP contribution in [0.25, 0.3) is 0 Å². The Hall–Kier alpha value is -1.06. The Balaban J connectivity index is 2.77. The van der Waals surface area contributed by atoms with Crippen LogP contribution in [-0.2, 0) is 9.59 Å². The smallest absolute Gasteiger partial charge is 0.310 e. The zero-order valence-electron chi connectivity index (χ0n) is 13.2. The molecule has 20 heavy (non-hydrogen) atoms. The summed E-state index contributed by atoms with van der Waals surface area (Å²) in [6, 6.07) is 0.321. The molecule has 0 saturated heterocycles. The number of carboxylic acid groups (broad SMARTS) is 1. The van der Waals surface area contributed by atoms with E-state index in [0.29, 0.717) is 25.4 Å². The second kappa shape index (κ2) is 7.65. The number of aliphatic carboxylic acids is 1. The summed E-state index contributed by atoms with van der Waals surface area (Å²) in [5, 5.41) is 9.47. The Bertz CT molecular complexity index is 331. The molecule has 0 aromatic rings. The Labute approximate surface area is 122 Å². The van der Waals surface area contributed by atoms with Crippen LogP contribution in [0.3, 0.4) is 0 Å². The number of hydrogen-bond acceptors (Lipinski definition) is 2. The lowest BCUT2D eigenvalue weighted by Crippen LogP contribution is -2.45. The minimum atomic E-state index is -0.890. The van der Waals surface area contributed by atoms with Crippen LogP contribution < -0.4 is 0 Å². The first-order valence-corrected chi connectivity index (χ1v) is 8.03. The van der Waals surface area contributed by atoms with Gasteiger partial charge in [-0.3, -0.25) is 9.59 Å². The topological polar surface area (TPSA) is 57.6 Å². The standard InChI is InChI=1S/C16H29NO3/c1-4-16(5-2,15(19)20)12-14(18)17(6-3)13-10-8-7-9-11-13/h13H,4-12H2,1-3H3,(H,19,20). The molecule has 0 heterocycles. The second-order valence-corrected chi connectivity index (χ2v) is 5.94. The van der Waals surface area contributed by atoms with E-state index in [2.05, 4.69) is 0 Å². The SMILES string of the molecule is CCN(C(=O)CC(CC)(CC)C(=O)O)C1CCCCC1. The molecule has 4 nitrogen and oxygen atoms in total. The number of carboxylic acids is 1. The first-order chi connectivity index (χ1) is 9.50. The molecule has 0 atom stereocenters. The predicted octanol–water partition coefficient (Wildman–Crippen LogP) is 3.45. The Morgan fingerprint density at radius 2 is 1.65 bits per heavy atom. The molecular weight excluding hydrogens is 254 g/mol. The maximum Gasteiger partial charge on any atom is 0.310 e. The quantitative estimate of drug-likeness (QED) is 0.778. The summed E-state index contributed by atoms with van der Waals surface area (Å²) in [6.45, 7) is 6.41. The summed E-state index contributed by atoms with van der Waals surface area (Å²) in [5.41, 5.74) is -0.890. The molecule has 0 spiro atoms. The van der Waals surface area contributed by atoms with Crippen molar-refractivity contribution in [1.82, 2.24) is 4.90 Å². The van der Waals surface area contributed by atoms with Crippen molar-refractivity contribution in [2.24, 2.45) is 5.41 Å². The second-order valence-electron chi connectivity index (χ2n) is 5.94. The van der Waals surface area contributed by atoms with Gasteiger partial charge in [0.05, 0.1) is 5.41 Å². The lowest BCUT2D eigenvalue weighted by molar-refractivity contribution is -0.155. The van der Waals surface area contributed by atoms with E-state index in [9.17, 15) is 14.7 Å². The van der Waals surface area contributed by atoms with Crippen molar-refractivity contribution in [3.63, 3.8) is 0 Å². The van der Waals surface area contributed by atoms with Crippen LogP contribution in [0.15, 0.2) is 0 Å². The maximum atomic E-state index is 12.6. The average Bonchev–Trinajstić information content (AvgIpc) is 2.46. The fourth-order valence-electron chi connectivity index (χ4n) is 3.30. The van der Waals surface area contributed by atoms with Gasteiger partial charge in [-0.1, -0.05) is 33.1 Å². The molecular formula is C16H29NO3. The van der Waals surface area contributed by atoms with Gasteiger partial charge in [0.2, 0.25) is 5.91 Å². The first-order valence-electron chi connectivity index (χ1n) is 8.03. The van der Waals surface area contributed by atoms with Gasteiger partial charge in [0.1, 0.15) is 0 Å². The molecule has 0 radical (unpaired) electrons. The van der Waals surface area contributed by atoms with E-state index in [4.69, 9.17) is 0 Å². The average molecular weight is 283 g/mol. The van der Waals surface area contributed by atoms with Crippen molar-refractivity contribution in [1.29, 1.82) is 0 Å². The van der Waals surface area contributed by atoms with Crippen LogP contribution >= 0.6 is 0 Å². The molecule has 1 saturated carbocycles. The normalized spacial score (nSPS) is 16.9. The van der Waals surface area contributed by atoms with Gasteiger partial charge < -0.3 is 10.0 Å². The molecule has 1 amide bonds. The summed E-state index contributed by atoms with van der Waals surface area (Å²) in [7, 11) is 0. The molecule has 1 fully saturated rings. The Kier molecular flexibility index (Phi) is 6.50. The van der Waals surface area contributed by atoms with Crippen molar-refractivity contribution in [2.45, 2.75) is 78.2 Å². The minimum absolute atomic E-state index is 0.0190. The third-order valence-corrected chi connectivity index (χ3v) is 4.97. The van der Waals surface area contributed by atoms with Gasteiger partial charge in [-0.2, -0.15) is 0 Å². The number of amides is 1. The number of carbonyl (C=O) groups excluding carboxylic acids is 1. The zero-order chi connectivity index (χ0) is 15.2. The molecule has 0 aromatic heterocycles. The van der Waals surface area contributed by atoms with E-state index < -0.39 is 11.4 Å². The summed E-state index contributed by atoms with van der Waals surface area (Å²) < 4.78 is 0. The van der Waals surface area contributed by atoms with Gasteiger partial charge in [-0.15, -0.1) is 0 Å². The summed E-state index contributed by atoms with van der Waals surface area (Å²) in [4.78, 5) is 26.0. The number of rotatable bonds is 7. The van der Waals surface area contributed by atoms with Gasteiger partial charge in [0, 0.05) is 19.0 Å². The maximum absolute atomic E-state index is 12.6. The molecule has 4 heteroatoms. The van der Waals surface area contributed by atoms with Crippen molar-refractivity contribution in [3.05, 3.63) is 0 Å². The lowest BCUT2D eigenvalue weighted by atomic mass is 9.78. The van der Waals surface area contributed by atoms with Gasteiger partial charge in [-0.05, 0) is 32.6 Å². The highest BCUT2D eigenvalue weighted by atomic mass is 16.4. The van der Waals surface area contributed by atoms with Gasteiger partial charge in [-0.25, -0.2) is 0 Å². The zero-order valence-corrected chi connectivity index (χ0v) is 13.2. The molecule has 0 aliphatic heterocycles. The van der Waals surface area contributed by atoms with Crippen molar-refractivity contribution >= 4 is 11.9 Å². The summed E-state index contributed by atoms with van der Waals surface area (Å²) in [6.07, 6.45) is 6.90. The number of hydrogen-bond donors (Lipinski definition) is 1. The van der Waals surface area contributed by atoms with Gasteiger partial charge in [0.25, 0.3) is 0 Å². The Morgan fingerprint density at radius 3 is 2.05 bits per heavy atom. The highest BCUT2D eigenvalue weighted by Gasteiger charge is 2.39. The molecule has 116 valence electrons.